The molecule has 7 heteroatoms. The van der Waals surface area contributed by atoms with Crippen LogP contribution in [-0.2, 0) is 0 Å². The predicted octanol–water partition coefficient (Wildman–Crippen LogP) is 1.46. The van der Waals surface area contributed by atoms with Gasteiger partial charge in [0, 0.05) is 5.56 Å². The SMILES string of the molecule is O=C1N[C@@H](c2cccc(C(=O)O)c2)[C@H](c2cccc(C(O)O)c2)N1. The third kappa shape index (κ3) is 3.08. The molecule has 0 saturated carbocycles. The van der Waals surface area contributed by atoms with Crippen LogP contribution in [0.4, 0.5) is 4.79 Å². The molecular weight excluding hydrogens is 312 g/mol. The Kier molecular flexibility index (Phi) is 4.20. The Labute approximate surface area is 137 Å². The number of nitrogens with one attached hydrogen (secondary N) is 2. The van der Waals surface area contributed by atoms with Crippen LogP contribution < -0.4 is 10.6 Å². The number of carboxylic acids is 1. The quantitative estimate of drug-likeness (QED) is 0.545. The van der Waals surface area contributed by atoms with Crippen LogP contribution in [0.15, 0.2) is 48.5 Å². The molecule has 124 valence electrons. The Bertz CT molecular complexity index is 790. The lowest BCUT2D eigenvalue weighted by Gasteiger charge is -2.20. The number of amides is 2. The van der Waals surface area contributed by atoms with Crippen molar-refractivity contribution in [2.24, 2.45) is 0 Å². The maximum Gasteiger partial charge on any atom is 0.335 e. The van der Waals surface area contributed by atoms with E-state index in [4.69, 9.17) is 5.11 Å². The van der Waals surface area contributed by atoms with Gasteiger partial charge in [-0.05, 0) is 29.3 Å². The molecule has 5 N–H and O–H groups in total. The fourth-order valence-corrected chi connectivity index (χ4v) is 2.82. The van der Waals surface area contributed by atoms with Crippen molar-refractivity contribution < 1.29 is 24.9 Å². The molecule has 0 spiro atoms. The first-order valence-corrected chi connectivity index (χ1v) is 7.32. The molecular formula is C17H16N2O5. The van der Waals surface area contributed by atoms with Crippen molar-refractivity contribution in [3.8, 4) is 0 Å². The zero-order valence-corrected chi connectivity index (χ0v) is 12.5. The van der Waals surface area contributed by atoms with E-state index < -0.39 is 24.3 Å². The van der Waals surface area contributed by atoms with E-state index in [9.17, 15) is 19.8 Å². The van der Waals surface area contributed by atoms with Gasteiger partial charge in [0.05, 0.1) is 17.6 Å². The molecule has 24 heavy (non-hydrogen) atoms. The highest BCUT2D eigenvalue weighted by molar-refractivity contribution is 5.88. The number of aliphatic hydroxyl groups excluding tert-OH is 1. The minimum absolute atomic E-state index is 0.131. The van der Waals surface area contributed by atoms with E-state index in [2.05, 4.69) is 10.6 Å². The van der Waals surface area contributed by atoms with Gasteiger partial charge in [0.2, 0.25) is 0 Å². The lowest BCUT2D eigenvalue weighted by molar-refractivity contribution is -0.0425. The second kappa shape index (κ2) is 6.31. The first-order valence-electron chi connectivity index (χ1n) is 7.32. The molecule has 1 aliphatic heterocycles. The summed E-state index contributed by atoms with van der Waals surface area (Å²) in [5, 5.41) is 33.3. The van der Waals surface area contributed by atoms with Crippen molar-refractivity contribution in [2.45, 2.75) is 18.4 Å². The number of rotatable bonds is 4. The Morgan fingerprint density at radius 2 is 1.54 bits per heavy atom. The fourth-order valence-electron chi connectivity index (χ4n) is 2.82. The molecule has 1 aliphatic rings. The van der Waals surface area contributed by atoms with E-state index in [-0.39, 0.29) is 11.6 Å². The Hall–Kier alpha value is -2.90. The molecule has 1 heterocycles. The summed E-state index contributed by atoms with van der Waals surface area (Å²) in [6.07, 6.45) is -1.61. The minimum atomic E-state index is -1.61. The average molecular weight is 328 g/mol. The molecule has 2 amide bonds. The van der Waals surface area contributed by atoms with E-state index in [0.29, 0.717) is 16.7 Å². The molecule has 0 aliphatic carbocycles. The number of urea groups is 1. The second-order valence-corrected chi connectivity index (χ2v) is 5.55. The topological polar surface area (TPSA) is 119 Å². The minimum Gasteiger partial charge on any atom is -0.478 e. The maximum absolute atomic E-state index is 11.8. The van der Waals surface area contributed by atoms with Crippen LogP contribution in [0.1, 0.15) is 45.4 Å². The molecule has 7 nitrogen and oxygen atoms in total. The molecule has 1 fully saturated rings. The third-order valence-corrected chi connectivity index (χ3v) is 3.97. The number of carbonyl (C=O) groups excluding carboxylic acids is 1. The van der Waals surface area contributed by atoms with Crippen molar-refractivity contribution in [3.05, 3.63) is 70.8 Å². The van der Waals surface area contributed by atoms with Gasteiger partial charge in [0.25, 0.3) is 0 Å². The summed E-state index contributed by atoms with van der Waals surface area (Å²) in [5.41, 5.74) is 1.77. The van der Waals surface area contributed by atoms with E-state index >= 15 is 0 Å². The van der Waals surface area contributed by atoms with Crippen LogP contribution in [-0.4, -0.2) is 27.3 Å². The molecule has 0 radical (unpaired) electrons. The molecule has 2 aromatic rings. The van der Waals surface area contributed by atoms with Crippen LogP contribution >= 0.6 is 0 Å². The van der Waals surface area contributed by atoms with E-state index in [1.165, 1.54) is 12.1 Å². The smallest absolute Gasteiger partial charge is 0.335 e. The average Bonchev–Trinajstić information content (AvgIpc) is 2.97. The third-order valence-electron chi connectivity index (χ3n) is 3.97. The predicted molar refractivity (Wildman–Crippen MR) is 84.2 cm³/mol. The van der Waals surface area contributed by atoms with Crippen molar-refractivity contribution in [1.29, 1.82) is 0 Å². The standard InChI is InChI=1S/C17H16N2O5/c20-15(21)11-5-1-3-9(7-11)13-14(19-17(24)18-13)10-4-2-6-12(8-10)16(22)23/h1-8,13-15,20-21H,(H,22,23)(H2,18,19,24)/t13-,14-/m0/s1. The summed E-state index contributed by atoms with van der Waals surface area (Å²) in [6.45, 7) is 0. The van der Waals surface area contributed by atoms with Crippen LogP contribution in [0.25, 0.3) is 0 Å². The number of carbonyl (C=O) groups is 2. The Morgan fingerprint density at radius 3 is 2.12 bits per heavy atom. The van der Waals surface area contributed by atoms with Crippen LogP contribution in [0, 0.1) is 0 Å². The first-order chi connectivity index (χ1) is 11.5. The lowest BCUT2D eigenvalue weighted by Crippen LogP contribution is -2.22. The highest BCUT2D eigenvalue weighted by atomic mass is 16.5. The number of benzene rings is 2. The van der Waals surface area contributed by atoms with Gasteiger partial charge in [-0.25, -0.2) is 9.59 Å². The number of hydrogen-bond donors (Lipinski definition) is 5. The van der Waals surface area contributed by atoms with Crippen LogP contribution in [0.3, 0.4) is 0 Å². The Morgan fingerprint density at radius 1 is 0.958 bits per heavy atom. The maximum atomic E-state index is 11.8. The van der Waals surface area contributed by atoms with E-state index in [0.717, 1.165) is 0 Å². The largest absolute Gasteiger partial charge is 0.478 e. The van der Waals surface area contributed by atoms with Gasteiger partial charge >= 0.3 is 12.0 Å². The number of aliphatic hydroxyl groups is 2. The fraction of sp³-hybridized carbons (Fsp3) is 0.176. The van der Waals surface area contributed by atoms with Crippen LogP contribution in [0.5, 0.6) is 0 Å². The van der Waals surface area contributed by atoms with Crippen molar-refractivity contribution in [3.63, 3.8) is 0 Å². The molecule has 2 aromatic carbocycles. The number of aromatic carboxylic acids is 1. The molecule has 3 rings (SSSR count). The van der Waals surface area contributed by atoms with Crippen molar-refractivity contribution in [1.82, 2.24) is 10.6 Å². The number of hydrogen-bond acceptors (Lipinski definition) is 4. The Balaban J connectivity index is 1.98. The number of carboxylic acid groups (broad SMARTS) is 1. The second-order valence-electron chi connectivity index (χ2n) is 5.55. The molecule has 0 bridgehead atoms. The molecule has 0 unspecified atom stereocenters. The molecule has 1 saturated heterocycles. The van der Waals surface area contributed by atoms with Gasteiger partial charge < -0.3 is 26.0 Å². The summed E-state index contributed by atoms with van der Waals surface area (Å²) in [5.74, 6) is -1.05. The highest BCUT2D eigenvalue weighted by Gasteiger charge is 2.34. The first kappa shape index (κ1) is 16.0. The normalized spacial score (nSPS) is 19.9. The molecule has 0 aromatic heterocycles. The summed E-state index contributed by atoms with van der Waals surface area (Å²) < 4.78 is 0. The van der Waals surface area contributed by atoms with Crippen LogP contribution in [0.2, 0.25) is 0 Å². The van der Waals surface area contributed by atoms with Crippen molar-refractivity contribution in [2.75, 3.05) is 0 Å². The van der Waals surface area contributed by atoms with Gasteiger partial charge in [-0.1, -0.05) is 30.3 Å². The summed E-state index contributed by atoms with van der Waals surface area (Å²) in [7, 11) is 0. The summed E-state index contributed by atoms with van der Waals surface area (Å²) in [6, 6.07) is 11.6. The monoisotopic (exact) mass is 328 g/mol. The summed E-state index contributed by atoms with van der Waals surface area (Å²) >= 11 is 0. The van der Waals surface area contributed by atoms with Gasteiger partial charge in [0.15, 0.2) is 6.29 Å². The summed E-state index contributed by atoms with van der Waals surface area (Å²) in [4.78, 5) is 23.0. The zero-order valence-electron chi connectivity index (χ0n) is 12.5. The molecule has 2 atom stereocenters. The zero-order chi connectivity index (χ0) is 17.3. The van der Waals surface area contributed by atoms with Gasteiger partial charge in [-0.2, -0.15) is 0 Å². The van der Waals surface area contributed by atoms with Gasteiger partial charge in [-0.15, -0.1) is 0 Å². The van der Waals surface area contributed by atoms with Gasteiger partial charge in [0.1, 0.15) is 0 Å². The van der Waals surface area contributed by atoms with E-state index in [1.807, 2.05) is 0 Å². The van der Waals surface area contributed by atoms with Crippen molar-refractivity contribution >= 4 is 12.0 Å². The van der Waals surface area contributed by atoms with Gasteiger partial charge in [-0.3, -0.25) is 0 Å². The lowest BCUT2D eigenvalue weighted by atomic mass is 9.93. The van der Waals surface area contributed by atoms with E-state index in [1.54, 1.807) is 36.4 Å². The highest BCUT2D eigenvalue weighted by Crippen LogP contribution is 2.33.